The SMILES string of the molecule is Nc1ncc(-c2cc[nH]n2)cc1C(F)(F)F. The van der Waals surface area contributed by atoms with Crippen molar-refractivity contribution < 1.29 is 13.2 Å². The Morgan fingerprint density at radius 1 is 1.31 bits per heavy atom. The van der Waals surface area contributed by atoms with Crippen LogP contribution in [0, 0.1) is 0 Å². The Labute approximate surface area is 88.3 Å². The molecule has 7 heteroatoms. The first-order chi connectivity index (χ1) is 7.48. The molecule has 0 saturated carbocycles. The zero-order valence-corrected chi connectivity index (χ0v) is 7.92. The molecule has 16 heavy (non-hydrogen) atoms. The lowest BCUT2D eigenvalue weighted by Gasteiger charge is -2.09. The summed E-state index contributed by atoms with van der Waals surface area (Å²) in [6.45, 7) is 0. The number of hydrogen-bond acceptors (Lipinski definition) is 3. The Hall–Kier alpha value is -2.05. The summed E-state index contributed by atoms with van der Waals surface area (Å²) in [7, 11) is 0. The standard InChI is InChI=1S/C9H7F3N4/c10-9(11,12)6-3-5(4-14-8(6)13)7-1-2-15-16-7/h1-4H,(H2,13,14)(H,15,16). The predicted molar refractivity (Wildman–Crippen MR) is 51.2 cm³/mol. The van der Waals surface area contributed by atoms with Crippen LogP contribution in [0.25, 0.3) is 11.3 Å². The molecule has 0 aliphatic carbocycles. The number of H-pyrrole nitrogens is 1. The van der Waals surface area contributed by atoms with Gasteiger partial charge in [-0.1, -0.05) is 0 Å². The van der Waals surface area contributed by atoms with Crippen molar-refractivity contribution in [3.05, 3.63) is 30.1 Å². The normalized spacial score (nSPS) is 11.7. The van der Waals surface area contributed by atoms with Gasteiger partial charge in [0.05, 0.1) is 11.3 Å². The van der Waals surface area contributed by atoms with E-state index in [0.29, 0.717) is 5.69 Å². The summed E-state index contributed by atoms with van der Waals surface area (Å²) in [5.74, 6) is -0.535. The number of hydrogen-bond donors (Lipinski definition) is 2. The van der Waals surface area contributed by atoms with Gasteiger partial charge in [-0.15, -0.1) is 0 Å². The molecule has 0 aliphatic rings. The maximum Gasteiger partial charge on any atom is 0.419 e. The summed E-state index contributed by atoms with van der Waals surface area (Å²) in [6, 6.07) is 2.48. The Bertz CT molecular complexity index is 490. The van der Waals surface area contributed by atoms with Crippen molar-refractivity contribution in [3.63, 3.8) is 0 Å². The van der Waals surface area contributed by atoms with Gasteiger partial charge in [0.15, 0.2) is 0 Å². The second-order valence-electron chi connectivity index (χ2n) is 3.11. The van der Waals surface area contributed by atoms with Gasteiger partial charge in [-0.3, -0.25) is 5.10 Å². The fourth-order valence-corrected chi connectivity index (χ4v) is 1.26. The third-order valence-corrected chi connectivity index (χ3v) is 2.02. The number of nitrogens with zero attached hydrogens (tertiary/aromatic N) is 2. The number of aromatic amines is 1. The summed E-state index contributed by atoms with van der Waals surface area (Å²) in [4.78, 5) is 3.51. The van der Waals surface area contributed by atoms with Gasteiger partial charge in [-0.25, -0.2) is 4.98 Å². The highest BCUT2D eigenvalue weighted by Gasteiger charge is 2.34. The average Bonchev–Trinajstić information content (AvgIpc) is 2.69. The quantitative estimate of drug-likeness (QED) is 0.785. The highest BCUT2D eigenvalue weighted by Crippen LogP contribution is 2.34. The molecule has 0 aromatic carbocycles. The highest BCUT2D eigenvalue weighted by molar-refractivity contribution is 5.61. The molecule has 2 heterocycles. The lowest BCUT2D eigenvalue weighted by Crippen LogP contribution is -2.10. The van der Waals surface area contributed by atoms with Crippen LogP contribution >= 0.6 is 0 Å². The number of alkyl halides is 3. The van der Waals surface area contributed by atoms with Gasteiger partial charge in [0.1, 0.15) is 5.82 Å². The van der Waals surface area contributed by atoms with Crippen molar-refractivity contribution in [1.82, 2.24) is 15.2 Å². The van der Waals surface area contributed by atoms with Gasteiger partial charge in [-0.05, 0) is 12.1 Å². The maximum atomic E-state index is 12.5. The van der Waals surface area contributed by atoms with E-state index in [2.05, 4.69) is 15.2 Å². The van der Waals surface area contributed by atoms with E-state index in [4.69, 9.17) is 5.73 Å². The molecular formula is C9H7F3N4. The fourth-order valence-electron chi connectivity index (χ4n) is 1.26. The van der Waals surface area contributed by atoms with Crippen LogP contribution in [0.5, 0.6) is 0 Å². The van der Waals surface area contributed by atoms with Gasteiger partial charge >= 0.3 is 6.18 Å². The van der Waals surface area contributed by atoms with Crippen LogP contribution in [0.4, 0.5) is 19.0 Å². The van der Waals surface area contributed by atoms with Crippen LogP contribution in [0.1, 0.15) is 5.56 Å². The molecule has 2 aromatic rings. The van der Waals surface area contributed by atoms with Crippen LogP contribution in [0.2, 0.25) is 0 Å². The summed E-state index contributed by atoms with van der Waals surface area (Å²) in [6.07, 6.45) is -1.75. The third kappa shape index (κ3) is 1.83. The molecule has 2 aromatic heterocycles. The third-order valence-electron chi connectivity index (χ3n) is 2.02. The first-order valence-corrected chi connectivity index (χ1v) is 4.31. The van der Waals surface area contributed by atoms with Crippen LogP contribution in [0.3, 0.4) is 0 Å². The first-order valence-electron chi connectivity index (χ1n) is 4.31. The number of pyridine rings is 1. The molecule has 0 atom stereocenters. The molecule has 84 valence electrons. The van der Waals surface area contributed by atoms with E-state index in [0.717, 1.165) is 6.07 Å². The predicted octanol–water partition coefficient (Wildman–Crippen LogP) is 2.07. The van der Waals surface area contributed by atoms with Gasteiger partial charge in [0, 0.05) is 18.0 Å². The molecule has 0 unspecified atom stereocenters. The molecule has 0 spiro atoms. The van der Waals surface area contributed by atoms with Gasteiger partial charge in [-0.2, -0.15) is 18.3 Å². The number of aromatic nitrogens is 3. The second kappa shape index (κ2) is 3.51. The Morgan fingerprint density at radius 3 is 2.62 bits per heavy atom. The Morgan fingerprint density at radius 2 is 2.06 bits per heavy atom. The van der Waals surface area contributed by atoms with Crippen LogP contribution in [-0.2, 0) is 6.18 Å². The highest BCUT2D eigenvalue weighted by atomic mass is 19.4. The lowest BCUT2D eigenvalue weighted by atomic mass is 10.1. The Kier molecular flexibility index (Phi) is 2.30. The zero-order valence-electron chi connectivity index (χ0n) is 7.92. The molecule has 0 radical (unpaired) electrons. The zero-order chi connectivity index (χ0) is 11.8. The minimum absolute atomic E-state index is 0.266. The molecule has 4 nitrogen and oxygen atoms in total. The van der Waals surface area contributed by atoms with E-state index in [1.54, 1.807) is 6.07 Å². The van der Waals surface area contributed by atoms with E-state index in [9.17, 15) is 13.2 Å². The number of nitrogen functional groups attached to an aromatic ring is 1. The van der Waals surface area contributed by atoms with Gasteiger partial charge < -0.3 is 5.73 Å². The van der Waals surface area contributed by atoms with E-state index in [1.807, 2.05) is 0 Å². The van der Waals surface area contributed by atoms with Crippen LogP contribution in [-0.4, -0.2) is 15.2 Å². The minimum atomic E-state index is -4.51. The summed E-state index contributed by atoms with van der Waals surface area (Å²) < 4.78 is 37.6. The van der Waals surface area contributed by atoms with Crippen LogP contribution in [0.15, 0.2) is 24.5 Å². The van der Waals surface area contributed by atoms with E-state index >= 15 is 0 Å². The maximum absolute atomic E-state index is 12.5. The largest absolute Gasteiger partial charge is 0.419 e. The smallest absolute Gasteiger partial charge is 0.383 e. The molecule has 0 bridgehead atoms. The monoisotopic (exact) mass is 228 g/mol. The fraction of sp³-hybridized carbons (Fsp3) is 0.111. The lowest BCUT2D eigenvalue weighted by molar-refractivity contribution is -0.137. The van der Waals surface area contributed by atoms with Crippen molar-refractivity contribution in [3.8, 4) is 11.3 Å². The number of anilines is 1. The van der Waals surface area contributed by atoms with E-state index < -0.39 is 17.6 Å². The summed E-state index contributed by atoms with van der Waals surface area (Å²) >= 11 is 0. The molecular weight excluding hydrogens is 221 g/mol. The van der Waals surface area contributed by atoms with Gasteiger partial charge in [0.2, 0.25) is 0 Å². The Balaban J connectivity index is 2.52. The second-order valence-corrected chi connectivity index (χ2v) is 3.11. The number of rotatable bonds is 1. The number of nitrogens with one attached hydrogen (secondary N) is 1. The molecule has 0 saturated heterocycles. The van der Waals surface area contributed by atoms with E-state index in [1.165, 1.54) is 12.4 Å². The van der Waals surface area contributed by atoms with Crippen molar-refractivity contribution in [2.45, 2.75) is 6.18 Å². The number of nitrogens with two attached hydrogens (primary N) is 1. The molecule has 0 amide bonds. The topological polar surface area (TPSA) is 67.6 Å². The first kappa shape index (κ1) is 10.5. The molecule has 0 aliphatic heterocycles. The summed E-state index contributed by atoms with van der Waals surface area (Å²) in [5, 5.41) is 6.28. The molecule has 2 rings (SSSR count). The van der Waals surface area contributed by atoms with E-state index in [-0.39, 0.29) is 5.56 Å². The van der Waals surface area contributed by atoms with Crippen molar-refractivity contribution >= 4 is 5.82 Å². The van der Waals surface area contributed by atoms with Crippen molar-refractivity contribution in [1.29, 1.82) is 0 Å². The van der Waals surface area contributed by atoms with Gasteiger partial charge in [0.25, 0.3) is 0 Å². The summed E-state index contributed by atoms with van der Waals surface area (Å²) in [5.41, 5.74) is 4.87. The molecule has 3 N–H and O–H groups in total. The molecule has 0 fully saturated rings. The number of halogens is 3. The average molecular weight is 228 g/mol. The van der Waals surface area contributed by atoms with Crippen molar-refractivity contribution in [2.75, 3.05) is 5.73 Å². The minimum Gasteiger partial charge on any atom is -0.383 e. The van der Waals surface area contributed by atoms with Crippen LogP contribution < -0.4 is 5.73 Å². The van der Waals surface area contributed by atoms with Crippen molar-refractivity contribution in [2.24, 2.45) is 0 Å².